The molecule has 27 heavy (non-hydrogen) atoms. The van der Waals surface area contributed by atoms with Crippen LogP contribution in [0, 0.1) is 18.7 Å². The lowest BCUT2D eigenvalue weighted by atomic mass is 9.80. The Morgan fingerprint density at radius 2 is 2.11 bits per heavy atom. The summed E-state index contributed by atoms with van der Waals surface area (Å²) in [7, 11) is 0. The molecule has 1 amide bonds. The zero-order valence-electron chi connectivity index (χ0n) is 15.6. The van der Waals surface area contributed by atoms with Gasteiger partial charge in [0, 0.05) is 43.5 Å². The monoisotopic (exact) mass is 371 g/mol. The molecule has 2 unspecified atom stereocenters. The molecule has 4 rings (SSSR count). The first-order valence-electron chi connectivity index (χ1n) is 9.62. The third kappa shape index (κ3) is 3.89. The highest BCUT2D eigenvalue weighted by Crippen LogP contribution is 2.32. The number of piperidine rings is 1. The topological polar surface area (TPSA) is 62.2 Å². The maximum atomic E-state index is 13.6. The number of likely N-dealkylation sites (tertiary alicyclic amines) is 1. The fourth-order valence-electron chi connectivity index (χ4n) is 4.32. The van der Waals surface area contributed by atoms with Gasteiger partial charge < -0.3 is 4.90 Å². The van der Waals surface area contributed by atoms with Crippen LogP contribution in [0.1, 0.15) is 30.0 Å². The molecule has 0 bridgehead atoms. The Morgan fingerprint density at radius 1 is 1.30 bits per heavy atom. The normalized spacial score (nSPS) is 23.7. The van der Waals surface area contributed by atoms with E-state index in [-0.39, 0.29) is 23.7 Å². The molecule has 144 valence electrons. The van der Waals surface area contributed by atoms with Crippen LogP contribution in [-0.2, 0) is 11.3 Å². The predicted octanol–water partition coefficient (Wildman–Crippen LogP) is 1.83. The highest BCUT2D eigenvalue weighted by molar-refractivity contribution is 5.76. The Bertz CT molecular complexity index is 799. The molecular formula is C20H26FN5O. The number of nitrogens with zero attached hydrogens (tertiary/aromatic N) is 3. The van der Waals surface area contributed by atoms with Crippen molar-refractivity contribution in [3.05, 3.63) is 53.6 Å². The van der Waals surface area contributed by atoms with Gasteiger partial charge in [-0.25, -0.2) is 4.39 Å². The Labute approximate surface area is 158 Å². The number of aromatic nitrogens is 2. The molecule has 0 aliphatic carbocycles. The summed E-state index contributed by atoms with van der Waals surface area (Å²) in [4.78, 5) is 14.5. The number of nitrogens with one attached hydrogen (secondary N) is 2. The number of benzene rings is 1. The Hall–Kier alpha value is -2.25. The number of hydrazine groups is 1. The van der Waals surface area contributed by atoms with Crippen LogP contribution in [0.3, 0.4) is 0 Å². The number of carbonyl (C=O) groups is 1. The number of aryl methyl sites for hydroxylation is 1. The van der Waals surface area contributed by atoms with Crippen molar-refractivity contribution in [2.75, 3.05) is 19.6 Å². The minimum atomic E-state index is -0.188. The summed E-state index contributed by atoms with van der Waals surface area (Å²) in [6.07, 6.45) is 3.63. The smallest absolute Gasteiger partial charge is 0.244 e. The van der Waals surface area contributed by atoms with Crippen molar-refractivity contribution in [1.82, 2.24) is 25.5 Å². The molecule has 7 heteroatoms. The molecule has 2 N–H and O–H groups in total. The van der Waals surface area contributed by atoms with Crippen molar-refractivity contribution in [2.24, 2.45) is 5.92 Å². The summed E-state index contributed by atoms with van der Waals surface area (Å²) >= 11 is 0. The Kier molecular flexibility index (Phi) is 5.22. The van der Waals surface area contributed by atoms with Crippen LogP contribution in [0.15, 0.2) is 36.5 Å². The number of rotatable bonds is 4. The number of hydrogen-bond donors (Lipinski definition) is 2. The van der Waals surface area contributed by atoms with E-state index in [2.05, 4.69) is 16.0 Å². The first-order chi connectivity index (χ1) is 13.1. The molecular weight excluding hydrogens is 345 g/mol. The molecule has 6 nitrogen and oxygen atoms in total. The number of carbonyl (C=O) groups excluding carboxylic acids is 1. The lowest BCUT2D eigenvalue weighted by molar-refractivity contribution is -0.133. The Balaban J connectivity index is 1.36. The zero-order valence-corrected chi connectivity index (χ0v) is 15.6. The van der Waals surface area contributed by atoms with Crippen molar-refractivity contribution < 1.29 is 9.18 Å². The summed E-state index contributed by atoms with van der Waals surface area (Å²) in [6, 6.07) is 9.07. The summed E-state index contributed by atoms with van der Waals surface area (Å²) < 4.78 is 15.4. The fraction of sp³-hybridized carbons (Fsp3) is 0.500. The van der Waals surface area contributed by atoms with Crippen LogP contribution in [0.25, 0.3) is 0 Å². The largest absolute Gasteiger partial charge is 0.341 e. The lowest BCUT2D eigenvalue weighted by Crippen LogP contribution is -2.46. The van der Waals surface area contributed by atoms with E-state index in [1.165, 1.54) is 6.07 Å². The maximum Gasteiger partial charge on any atom is 0.244 e. The van der Waals surface area contributed by atoms with Crippen molar-refractivity contribution in [1.29, 1.82) is 0 Å². The molecule has 0 saturated carbocycles. The summed E-state index contributed by atoms with van der Waals surface area (Å²) in [5, 5.41) is 4.20. The standard InChI is InChI=1S/C20H26FN5O/c1-14-5-8-23-26(14)13-19(27)25-9-6-15(7-10-25)20-18(12-22-24-20)16-3-2-4-17(21)11-16/h2-5,8,11,15,18,20,22,24H,6-7,9-10,12-13H2,1H3. The molecule has 3 heterocycles. The first kappa shape index (κ1) is 18.1. The van der Waals surface area contributed by atoms with Crippen molar-refractivity contribution in [3.63, 3.8) is 0 Å². The van der Waals surface area contributed by atoms with E-state index in [1.54, 1.807) is 23.0 Å². The Morgan fingerprint density at radius 3 is 2.81 bits per heavy atom. The molecule has 0 radical (unpaired) electrons. The second-order valence-corrected chi connectivity index (χ2v) is 7.56. The summed E-state index contributed by atoms with van der Waals surface area (Å²) in [6.45, 7) is 4.58. The molecule has 2 aromatic rings. The van der Waals surface area contributed by atoms with Crippen LogP contribution in [0.2, 0.25) is 0 Å². The molecule has 2 atom stereocenters. The first-order valence-corrected chi connectivity index (χ1v) is 9.62. The van der Waals surface area contributed by atoms with Gasteiger partial charge in [0.25, 0.3) is 0 Å². The van der Waals surface area contributed by atoms with E-state index in [1.807, 2.05) is 24.0 Å². The SMILES string of the molecule is Cc1ccnn1CC(=O)N1CCC(C2NNCC2c2cccc(F)c2)CC1. The van der Waals surface area contributed by atoms with Crippen LogP contribution < -0.4 is 10.9 Å². The minimum absolute atomic E-state index is 0.124. The third-order valence-electron chi connectivity index (χ3n) is 5.92. The molecule has 2 aliphatic heterocycles. The van der Waals surface area contributed by atoms with E-state index < -0.39 is 0 Å². The second-order valence-electron chi connectivity index (χ2n) is 7.56. The van der Waals surface area contributed by atoms with Crippen LogP contribution in [0.4, 0.5) is 4.39 Å². The summed E-state index contributed by atoms with van der Waals surface area (Å²) in [5.41, 5.74) is 8.67. The van der Waals surface area contributed by atoms with Gasteiger partial charge >= 0.3 is 0 Å². The highest BCUT2D eigenvalue weighted by atomic mass is 19.1. The van der Waals surface area contributed by atoms with Gasteiger partial charge in [0.2, 0.25) is 5.91 Å². The van der Waals surface area contributed by atoms with Crippen molar-refractivity contribution >= 4 is 5.91 Å². The van der Waals surface area contributed by atoms with Gasteiger partial charge in [-0.15, -0.1) is 0 Å². The molecule has 1 aromatic carbocycles. The van der Waals surface area contributed by atoms with E-state index >= 15 is 0 Å². The average Bonchev–Trinajstić information content (AvgIpc) is 3.31. The lowest BCUT2D eigenvalue weighted by Gasteiger charge is -2.36. The van der Waals surface area contributed by atoms with Crippen molar-refractivity contribution in [3.8, 4) is 0 Å². The van der Waals surface area contributed by atoms with Crippen molar-refractivity contribution in [2.45, 2.75) is 38.3 Å². The van der Waals surface area contributed by atoms with Gasteiger partial charge in [0.05, 0.1) is 0 Å². The molecule has 1 aromatic heterocycles. The fourth-order valence-corrected chi connectivity index (χ4v) is 4.32. The number of halogens is 1. The predicted molar refractivity (Wildman–Crippen MR) is 100 cm³/mol. The highest BCUT2D eigenvalue weighted by Gasteiger charge is 2.37. The molecule has 2 saturated heterocycles. The van der Waals surface area contributed by atoms with Gasteiger partial charge in [-0.1, -0.05) is 12.1 Å². The maximum absolute atomic E-state index is 13.6. The van der Waals surface area contributed by atoms with E-state index in [9.17, 15) is 9.18 Å². The van der Waals surface area contributed by atoms with Gasteiger partial charge in [0.1, 0.15) is 12.4 Å². The zero-order chi connectivity index (χ0) is 18.8. The quantitative estimate of drug-likeness (QED) is 0.861. The molecule has 2 aliphatic rings. The van der Waals surface area contributed by atoms with Crippen LogP contribution in [-0.4, -0.2) is 46.3 Å². The van der Waals surface area contributed by atoms with Gasteiger partial charge in [-0.05, 0) is 49.4 Å². The number of hydrogen-bond acceptors (Lipinski definition) is 4. The average molecular weight is 371 g/mol. The van der Waals surface area contributed by atoms with E-state index in [4.69, 9.17) is 0 Å². The van der Waals surface area contributed by atoms with Gasteiger partial charge in [0.15, 0.2) is 0 Å². The van der Waals surface area contributed by atoms with Crippen LogP contribution >= 0.6 is 0 Å². The van der Waals surface area contributed by atoms with Crippen LogP contribution in [0.5, 0.6) is 0 Å². The minimum Gasteiger partial charge on any atom is -0.341 e. The third-order valence-corrected chi connectivity index (χ3v) is 5.92. The summed E-state index contributed by atoms with van der Waals surface area (Å²) in [5.74, 6) is 0.648. The van der Waals surface area contributed by atoms with E-state index in [0.717, 1.165) is 43.7 Å². The van der Waals surface area contributed by atoms with E-state index in [0.29, 0.717) is 12.5 Å². The van der Waals surface area contributed by atoms with Gasteiger partial charge in [-0.2, -0.15) is 5.10 Å². The number of amides is 1. The molecule has 0 spiro atoms. The second kappa shape index (κ2) is 7.78. The molecule has 2 fully saturated rings. The van der Waals surface area contributed by atoms with Gasteiger partial charge in [-0.3, -0.25) is 20.3 Å².